The van der Waals surface area contributed by atoms with Crippen LogP contribution in [0.3, 0.4) is 0 Å². The Balaban J connectivity index is 1.95. The average Bonchev–Trinajstić information content (AvgIpc) is 2.25. The molecule has 0 spiro atoms. The van der Waals surface area contributed by atoms with Crippen molar-refractivity contribution in [3.63, 3.8) is 0 Å². The number of carbonyl (C=O) groups excluding carboxylic acids is 1. The number of amides is 1. The number of nitrogens with zero attached hydrogens (tertiary/aromatic N) is 2. The summed E-state index contributed by atoms with van der Waals surface area (Å²) in [5.74, 6) is -0.141. The van der Waals surface area contributed by atoms with E-state index in [4.69, 9.17) is 23.2 Å². The van der Waals surface area contributed by atoms with Crippen molar-refractivity contribution in [1.82, 2.24) is 15.3 Å². The largest absolute Gasteiger partial charge is 0.311 e. The first-order valence-electron chi connectivity index (χ1n) is 5.78. The number of sulfone groups is 1. The number of carbonyl (C=O) groups is 1. The van der Waals surface area contributed by atoms with Gasteiger partial charge in [-0.1, -0.05) is 11.6 Å². The maximum atomic E-state index is 11.8. The van der Waals surface area contributed by atoms with Crippen LogP contribution in [0.15, 0.2) is 6.07 Å². The van der Waals surface area contributed by atoms with Crippen LogP contribution in [0.5, 0.6) is 0 Å². The van der Waals surface area contributed by atoms with Crippen molar-refractivity contribution >= 4 is 44.8 Å². The Morgan fingerprint density at radius 3 is 2.85 bits per heavy atom. The number of halogens is 2. The molecule has 0 aromatic carbocycles. The maximum Gasteiger partial charge on any atom is 0.227 e. The second kappa shape index (κ2) is 6.21. The van der Waals surface area contributed by atoms with Gasteiger partial charge in [0.1, 0.15) is 11.0 Å². The van der Waals surface area contributed by atoms with Gasteiger partial charge in [-0.15, -0.1) is 0 Å². The standard InChI is InChI=1S/C10H12Cl2N4O3S/c11-7-4-8(16-10(12)14-7)15-9(17)3-6-5-20(18,19)2-1-13-6/h4,6,13H,1-3,5H2,(H,14,15,16,17). The molecule has 2 rings (SSSR count). The molecule has 0 aliphatic carbocycles. The highest BCUT2D eigenvalue weighted by Gasteiger charge is 2.26. The Hall–Kier alpha value is -0.960. The molecular formula is C10H12Cl2N4O3S. The predicted molar refractivity (Wildman–Crippen MR) is 75.7 cm³/mol. The Labute approximate surface area is 126 Å². The summed E-state index contributed by atoms with van der Waals surface area (Å²) in [6.45, 7) is 0.353. The summed E-state index contributed by atoms with van der Waals surface area (Å²) >= 11 is 11.3. The van der Waals surface area contributed by atoms with E-state index in [-0.39, 0.29) is 40.1 Å². The molecule has 10 heteroatoms. The van der Waals surface area contributed by atoms with Crippen LogP contribution in [0.2, 0.25) is 10.4 Å². The van der Waals surface area contributed by atoms with Crippen molar-refractivity contribution in [2.75, 3.05) is 23.4 Å². The molecule has 1 aromatic heterocycles. The number of anilines is 1. The first kappa shape index (κ1) is 15.4. The average molecular weight is 339 g/mol. The predicted octanol–water partition coefficient (Wildman–Crippen LogP) is 0.499. The van der Waals surface area contributed by atoms with Crippen molar-refractivity contribution < 1.29 is 13.2 Å². The lowest BCUT2D eigenvalue weighted by molar-refractivity contribution is -0.116. The molecule has 20 heavy (non-hydrogen) atoms. The van der Waals surface area contributed by atoms with Crippen molar-refractivity contribution in [3.05, 3.63) is 16.5 Å². The Bertz CT molecular complexity index is 603. The lowest BCUT2D eigenvalue weighted by Gasteiger charge is -2.22. The minimum atomic E-state index is -3.07. The van der Waals surface area contributed by atoms with Crippen LogP contribution in [-0.2, 0) is 14.6 Å². The van der Waals surface area contributed by atoms with Crippen molar-refractivity contribution in [3.8, 4) is 0 Å². The highest BCUT2D eigenvalue weighted by atomic mass is 35.5. The first-order chi connectivity index (χ1) is 9.34. The van der Waals surface area contributed by atoms with Crippen LogP contribution in [0.4, 0.5) is 5.82 Å². The fraction of sp³-hybridized carbons (Fsp3) is 0.500. The number of hydrogen-bond acceptors (Lipinski definition) is 6. The van der Waals surface area contributed by atoms with Gasteiger partial charge in [0.15, 0.2) is 9.84 Å². The third-order valence-corrected chi connectivity index (χ3v) is 4.77. The zero-order valence-corrected chi connectivity index (χ0v) is 12.6. The molecule has 1 atom stereocenters. The molecule has 0 radical (unpaired) electrons. The third-order valence-electron chi connectivity index (χ3n) is 2.67. The van der Waals surface area contributed by atoms with Crippen LogP contribution in [0.25, 0.3) is 0 Å². The number of rotatable bonds is 3. The number of hydrogen-bond donors (Lipinski definition) is 2. The van der Waals surface area contributed by atoms with E-state index in [9.17, 15) is 13.2 Å². The molecule has 110 valence electrons. The molecule has 1 amide bonds. The van der Waals surface area contributed by atoms with E-state index in [1.165, 1.54) is 6.07 Å². The SMILES string of the molecule is O=C(CC1CS(=O)(=O)CCN1)Nc1cc(Cl)nc(Cl)n1. The van der Waals surface area contributed by atoms with E-state index >= 15 is 0 Å². The van der Waals surface area contributed by atoms with Gasteiger partial charge in [0.2, 0.25) is 11.2 Å². The molecule has 7 nitrogen and oxygen atoms in total. The maximum absolute atomic E-state index is 11.8. The van der Waals surface area contributed by atoms with Crippen LogP contribution in [-0.4, -0.2) is 48.4 Å². The molecule has 1 aliphatic rings. The number of aromatic nitrogens is 2. The van der Waals surface area contributed by atoms with E-state index in [1.807, 2.05) is 0 Å². The van der Waals surface area contributed by atoms with Crippen LogP contribution < -0.4 is 10.6 Å². The molecule has 0 saturated carbocycles. The first-order valence-corrected chi connectivity index (χ1v) is 8.35. The van der Waals surface area contributed by atoms with Gasteiger partial charge in [-0.25, -0.2) is 18.4 Å². The molecule has 0 bridgehead atoms. The number of nitrogens with one attached hydrogen (secondary N) is 2. The lowest BCUT2D eigenvalue weighted by Crippen LogP contribution is -2.46. The van der Waals surface area contributed by atoms with Crippen LogP contribution in [0.1, 0.15) is 6.42 Å². The summed E-state index contributed by atoms with van der Waals surface area (Å²) in [7, 11) is -3.07. The normalized spacial score (nSPS) is 21.4. The van der Waals surface area contributed by atoms with Crippen LogP contribution in [0, 0.1) is 0 Å². The molecule has 2 heterocycles. The fourth-order valence-electron chi connectivity index (χ4n) is 1.87. The molecular weight excluding hydrogens is 327 g/mol. The molecule has 1 fully saturated rings. The molecule has 1 saturated heterocycles. The van der Waals surface area contributed by atoms with Gasteiger partial charge in [-0.2, -0.15) is 0 Å². The summed E-state index contributed by atoms with van der Waals surface area (Å²) in [6, 6.07) is 0.956. The summed E-state index contributed by atoms with van der Waals surface area (Å²) in [5.41, 5.74) is 0. The second-order valence-corrected chi connectivity index (χ2v) is 7.32. The lowest BCUT2D eigenvalue weighted by atomic mass is 10.2. The topological polar surface area (TPSA) is 101 Å². The molecule has 1 aromatic rings. The van der Waals surface area contributed by atoms with Gasteiger partial charge in [0, 0.05) is 25.1 Å². The van der Waals surface area contributed by atoms with E-state index in [2.05, 4.69) is 20.6 Å². The quantitative estimate of drug-likeness (QED) is 0.614. The molecule has 1 aliphatic heterocycles. The summed E-state index contributed by atoms with van der Waals surface area (Å²) in [4.78, 5) is 19.3. The van der Waals surface area contributed by atoms with E-state index in [1.54, 1.807) is 0 Å². The van der Waals surface area contributed by atoms with Crippen LogP contribution >= 0.6 is 23.2 Å². The van der Waals surface area contributed by atoms with E-state index in [0.29, 0.717) is 6.54 Å². The third kappa shape index (κ3) is 4.55. The summed E-state index contributed by atoms with van der Waals surface area (Å²) in [6.07, 6.45) is 0.0263. The minimum absolute atomic E-state index is 0.0263. The van der Waals surface area contributed by atoms with Gasteiger partial charge in [0.25, 0.3) is 0 Å². The zero-order valence-electron chi connectivity index (χ0n) is 10.3. The van der Waals surface area contributed by atoms with Gasteiger partial charge in [0.05, 0.1) is 11.5 Å². The van der Waals surface area contributed by atoms with Gasteiger partial charge >= 0.3 is 0 Å². The van der Waals surface area contributed by atoms with Gasteiger partial charge in [-0.05, 0) is 11.6 Å². The monoisotopic (exact) mass is 338 g/mol. The van der Waals surface area contributed by atoms with Crippen molar-refractivity contribution in [1.29, 1.82) is 0 Å². The highest BCUT2D eigenvalue weighted by Crippen LogP contribution is 2.15. The zero-order chi connectivity index (χ0) is 14.8. The fourth-order valence-corrected chi connectivity index (χ4v) is 3.72. The minimum Gasteiger partial charge on any atom is -0.311 e. The Morgan fingerprint density at radius 1 is 1.45 bits per heavy atom. The molecule has 2 N–H and O–H groups in total. The molecule has 1 unspecified atom stereocenters. The summed E-state index contributed by atoms with van der Waals surface area (Å²) < 4.78 is 22.9. The Morgan fingerprint density at radius 2 is 2.20 bits per heavy atom. The second-order valence-electron chi connectivity index (χ2n) is 4.36. The summed E-state index contributed by atoms with van der Waals surface area (Å²) in [5, 5.41) is 5.53. The van der Waals surface area contributed by atoms with E-state index < -0.39 is 15.9 Å². The van der Waals surface area contributed by atoms with Gasteiger partial charge in [-0.3, -0.25) is 4.79 Å². The van der Waals surface area contributed by atoms with Gasteiger partial charge < -0.3 is 10.6 Å². The Kier molecular flexibility index (Phi) is 4.79. The highest BCUT2D eigenvalue weighted by molar-refractivity contribution is 7.91. The van der Waals surface area contributed by atoms with E-state index in [0.717, 1.165) is 0 Å². The van der Waals surface area contributed by atoms with Crippen molar-refractivity contribution in [2.24, 2.45) is 0 Å². The van der Waals surface area contributed by atoms with Crippen molar-refractivity contribution in [2.45, 2.75) is 12.5 Å². The smallest absolute Gasteiger partial charge is 0.227 e.